The summed E-state index contributed by atoms with van der Waals surface area (Å²) >= 11 is 0. The van der Waals surface area contributed by atoms with Gasteiger partial charge in [0.15, 0.2) is 0 Å². The molecule has 1 aromatic rings. The molecule has 0 aliphatic carbocycles. The fourth-order valence-corrected chi connectivity index (χ4v) is 2.98. The van der Waals surface area contributed by atoms with Gasteiger partial charge in [0.2, 0.25) is 5.91 Å². The third-order valence-corrected chi connectivity index (χ3v) is 4.26. The van der Waals surface area contributed by atoms with Gasteiger partial charge >= 0.3 is 0 Å². The SMILES string of the molecule is CCCCCCCC(=O)NCCC1CNc2ccccc21. The first-order valence-electron chi connectivity index (χ1n) is 8.40. The van der Waals surface area contributed by atoms with Crippen LogP contribution in [0.2, 0.25) is 0 Å². The smallest absolute Gasteiger partial charge is 0.219 e. The Morgan fingerprint density at radius 3 is 2.90 bits per heavy atom. The molecule has 0 aromatic heterocycles. The van der Waals surface area contributed by atoms with Gasteiger partial charge in [0, 0.05) is 31.1 Å². The molecular formula is C18H28N2O. The van der Waals surface area contributed by atoms with E-state index >= 15 is 0 Å². The van der Waals surface area contributed by atoms with Gasteiger partial charge in [-0.1, -0.05) is 50.8 Å². The maximum absolute atomic E-state index is 11.8. The van der Waals surface area contributed by atoms with Crippen molar-refractivity contribution in [2.45, 2.75) is 57.8 Å². The predicted octanol–water partition coefficient (Wildman–Crippen LogP) is 4.06. The lowest BCUT2D eigenvalue weighted by Gasteiger charge is -2.11. The standard InChI is InChI=1S/C18H28N2O/c1-2-3-4-5-6-11-18(21)19-13-12-15-14-20-17-10-8-7-9-16(15)17/h7-10,15,20H,2-6,11-14H2,1H3,(H,19,21). The molecule has 1 atom stereocenters. The normalized spacial score (nSPS) is 16.3. The van der Waals surface area contributed by atoms with Crippen molar-refractivity contribution in [1.82, 2.24) is 5.32 Å². The minimum atomic E-state index is 0.214. The number of nitrogens with one attached hydrogen (secondary N) is 2. The van der Waals surface area contributed by atoms with Crippen molar-refractivity contribution >= 4 is 11.6 Å². The highest BCUT2D eigenvalue weighted by Gasteiger charge is 2.20. The van der Waals surface area contributed by atoms with E-state index < -0.39 is 0 Å². The quantitative estimate of drug-likeness (QED) is 0.673. The Morgan fingerprint density at radius 2 is 2.05 bits per heavy atom. The van der Waals surface area contributed by atoms with Gasteiger partial charge in [-0.15, -0.1) is 0 Å². The van der Waals surface area contributed by atoms with Gasteiger partial charge in [-0.2, -0.15) is 0 Å². The van der Waals surface area contributed by atoms with Crippen molar-refractivity contribution < 1.29 is 4.79 Å². The molecule has 1 unspecified atom stereocenters. The number of para-hydroxylation sites is 1. The molecule has 3 heteroatoms. The van der Waals surface area contributed by atoms with E-state index in [0.29, 0.717) is 12.3 Å². The topological polar surface area (TPSA) is 41.1 Å². The fraction of sp³-hybridized carbons (Fsp3) is 0.611. The molecular weight excluding hydrogens is 260 g/mol. The van der Waals surface area contributed by atoms with Crippen molar-refractivity contribution in [3.63, 3.8) is 0 Å². The highest BCUT2D eigenvalue weighted by molar-refractivity contribution is 5.75. The lowest BCUT2D eigenvalue weighted by Crippen LogP contribution is -2.25. The van der Waals surface area contributed by atoms with Gasteiger partial charge in [0.05, 0.1) is 0 Å². The van der Waals surface area contributed by atoms with Gasteiger partial charge in [-0.25, -0.2) is 0 Å². The summed E-state index contributed by atoms with van der Waals surface area (Å²) in [5, 5.41) is 6.49. The van der Waals surface area contributed by atoms with Crippen LogP contribution in [0.15, 0.2) is 24.3 Å². The zero-order valence-electron chi connectivity index (χ0n) is 13.2. The molecule has 2 N–H and O–H groups in total. The predicted molar refractivity (Wildman–Crippen MR) is 88.7 cm³/mol. The molecule has 1 aliphatic heterocycles. The lowest BCUT2D eigenvalue weighted by molar-refractivity contribution is -0.121. The van der Waals surface area contributed by atoms with Gasteiger partial charge in [0.1, 0.15) is 0 Å². The van der Waals surface area contributed by atoms with Crippen LogP contribution in [0.1, 0.15) is 63.4 Å². The van der Waals surface area contributed by atoms with Crippen LogP contribution in [0.3, 0.4) is 0 Å². The van der Waals surface area contributed by atoms with E-state index in [1.165, 1.54) is 36.9 Å². The summed E-state index contributed by atoms with van der Waals surface area (Å²) < 4.78 is 0. The average molecular weight is 288 g/mol. The molecule has 0 radical (unpaired) electrons. The summed E-state index contributed by atoms with van der Waals surface area (Å²) in [7, 11) is 0. The second-order valence-corrected chi connectivity index (χ2v) is 5.97. The molecule has 3 nitrogen and oxygen atoms in total. The highest BCUT2D eigenvalue weighted by atomic mass is 16.1. The van der Waals surface area contributed by atoms with Crippen LogP contribution < -0.4 is 10.6 Å². The van der Waals surface area contributed by atoms with Gasteiger partial charge in [0.25, 0.3) is 0 Å². The van der Waals surface area contributed by atoms with Gasteiger partial charge in [-0.05, 0) is 24.5 Å². The van der Waals surface area contributed by atoms with Crippen molar-refractivity contribution in [1.29, 1.82) is 0 Å². The van der Waals surface area contributed by atoms with Crippen LogP contribution in [-0.4, -0.2) is 19.0 Å². The summed E-state index contributed by atoms with van der Waals surface area (Å²) in [5.74, 6) is 0.747. The Morgan fingerprint density at radius 1 is 1.24 bits per heavy atom. The Kier molecular flexibility index (Phi) is 6.58. The first-order chi connectivity index (χ1) is 10.3. The average Bonchev–Trinajstić information content (AvgIpc) is 2.91. The molecule has 0 saturated heterocycles. The molecule has 0 saturated carbocycles. The maximum Gasteiger partial charge on any atom is 0.219 e. The molecule has 0 fully saturated rings. The zero-order valence-corrected chi connectivity index (χ0v) is 13.2. The summed E-state index contributed by atoms with van der Waals surface area (Å²) in [6.07, 6.45) is 7.71. The molecule has 1 amide bonds. The van der Waals surface area contributed by atoms with Gasteiger partial charge < -0.3 is 10.6 Å². The number of hydrogen-bond donors (Lipinski definition) is 2. The Labute approximate surface area is 128 Å². The van der Waals surface area contributed by atoms with Crippen LogP contribution in [0.25, 0.3) is 0 Å². The van der Waals surface area contributed by atoms with Crippen LogP contribution >= 0.6 is 0 Å². The Hall–Kier alpha value is -1.51. The minimum Gasteiger partial charge on any atom is -0.384 e. The molecule has 1 aliphatic rings. The zero-order chi connectivity index (χ0) is 14.9. The highest BCUT2D eigenvalue weighted by Crippen LogP contribution is 2.32. The Bertz CT molecular complexity index is 445. The van der Waals surface area contributed by atoms with Gasteiger partial charge in [-0.3, -0.25) is 4.79 Å². The third kappa shape index (κ3) is 5.07. The molecule has 21 heavy (non-hydrogen) atoms. The number of fused-ring (bicyclic) bond motifs is 1. The number of unbranched alkanes of at least 4 members (excludes halogenated alkanes) is 4. The number of carbonyl (C=O) groups is 1. The number of anilines is 1. The molecule has 0 spiro atoms. The summed E-state index contributed by atoms with van der Waals surface area (Å²) in [5.41, 5.74) is 2.65. The van der Waals surface area contributed by atoms with Crippen LogP contribution in [0.4, 0.5) is 5.69 Å². The number of carbonyl (C=O) groups excluding carboxylic acids is 1. The van der Waals surface area contributed by atoms with Crippen molar-refractivity contribution in [2.24, 2.45) is 0 Å². The second kappa shape index (κ2) is 8.71. The second-order valence-electron chi connectivity index (χ2n) is 5.97. The Balaban J connectivity index is 1.59. The van der Waals surface area contributed by atoms with E-state index in [-0.39, 0.29) is 5.91 Å². The summed E-state index contributed by atoms with van der Waals surface area (Å²) in [6.45, 7) is 3.99. The first-order valence-corrected chi connectivity index (χ1v) is 8.40. The van der Waals surface area contributed by atoms with Crippen LogP contribution in [0, 0.1) is 0 Å². The van der Waals surface area contributed by atoms with Crippen LogP contribution in [-0.2, 0) is 4.79 Å². The summed E-state index contributed by atoms with van der Waals surface area (Å²) in [4.78, 5) is 11.8. The summed E-state index contributed by atoms with van der Waals surface area (Å²) in [6, 6.07) is 8.47. The first kappa shape index (κ1) is 15.9. The number of benzene rings is 1. The van der Waals surface area contributed by atoms with E-state index in [4.69, 9.17) is 0 Å². The number of rotatable bonds is 9. The lowest BCUT2D eigenvalue weighted by atomic mass is 9.98. The molecule has 2 rings (SSSR count). The fourth-order valence-electron chi connectivity index (χ4n) is 2.98. The van der Waals surface area contributed by atoms with E-state index in [1.807, 2.05) is 0 Å². The van der Waals surface area contributed by atoms with Crippen molar-refractivity contribution in [2.75, 3.05) is 18.4 Å². The molecule has 1 aromatic carbocycles. The number of hydrogen-bond acceptors (Lipinski definition) is 2. The van der Waals surface area contributed by atoms with Crippen molar-refractivity contribution in [3.8, 4) is 0 Å². The third-order valence-electron chi connectivity index (χ3n) is 4.26. The molecule has 116 valence electrons. The largest absolute Gasteiger partial charge is 0.384 e. The molecule has 0 bridgehead atoms. The monoisotopic (exact) mass is 288 g/mol. The van der Waals surface area contributed by atoms with Crippen molar-refractivity contribution in [3.05, 3.63) is 29.8 Å². The van der Waals surface area contributed by atoms with E-state index in [1.54, 1.807) is 0 Å². The van der Waals surface area contributed by atoms with E-state index in [2.05, 4.69) is 41.8 Å². The molecule has 1 heterocycles. The van der Waals surface area contributed by atoms with E-state index in [0.717, 1.165) is 25.9 Å². The van der Waals surface area contributed by atoms with E-state index in [9.17, 15) is 4.79 Å². The maximum atomic E-state index is 11.8. The minimum absolute atomic E-state index is 0.214. The van der Waals surface area contributed by atoms with Crippen LogP contribution in [0.5, 0.6) is 0 Å². The number of amides is 1.